The first-order valence-electron chi connectivity index (χ1n) is 6.35. The molecule has 0 amide bonds. The van der Waals surface area contributed by atoms with Gasteiger partial charge in [0.05, 0.1) is 17.3 Å². The highest BCUT2D eigenvalue weighted by atomic mass is 32.2. The molecule has 1 aromatic rings. The highest BCUT2D eigenvalue weighted by Gasteiger charge is 2.12. The molecule has 0 aliphatic heterocycles. The molecule has 8 nitrogen and oxygen atoms in total. The number of ether oxygens (including phenoxy) is 1. The summed E-state index contributed by atoms with van der Waals surface area (Å²) in [6.07, 6.45) is 0. The Labute approximate surface area is 123 Å². The molecule has 0 saturated heterocycles. The van der Waals surface area contributed by atoms with E-state index in [-0.39, 0.29) is 18.0 Å². The van der Waals surface area contributed by atoms with Crippen molar-refractivity contribution in [2.45, 2.75) is 5.75 Å². The fraction of sp³-hybridized carbons (Fsp3) is 0.500. The van der Waals surface area contributed by atoms with Crippen molar-refractivity contribution in [1.82, 2.24) is 10.0 Å². The molecule has 0 atom stereocenters. The van der Waals surface area contributed by atoms with Gasteiger partial charge in [-0.2, -0.15) is 0 Å². The average Bonchev–Trinajstić information content (AvgIpc) is 2.43. The number of nitro benzene ring substituents is 1. The Hall–Kier alpha value is -1.55. The van der Waals surface area contributed by atoms with Gasteiger partial charge in [0, 0.05) is 38.9 Å². The van der Waals surface area contributed by atoms with E-state index in [2.05, 4.69) is 10.0 Å². The molecule has 0 fully saturated rings. The zero-order valence-electron chi connectivity index (χ0n) is 11.7. The first-order chi connectivity index (χ1) is 9.94. The van der Waals surface area contributed by atoms with Crippen LogP contribution in [0.1, 0.15) is 5.56 Å². The maximum Gasteiger partial charge on any atom is 0.269 e. The molecule has 0 saturated carbocycles. The Bertz CT molecular complexity index is 545. The SMILES string of the molecule is COCCNCCNS(=O)(=O)Cc1ccc([N+](=O)[O-])cc1. The minimum atomic E-state index is -3.45. The van der Waals surface area contributed by atoms with E-state index in [1.165, 1.54) is 24.3 Å². The van der Waals surface area contributed by atoms with E-state index in [9.17, 15) is 18.5 Å². The van der Waals surface area contributed by atoms with Gasteiger partial charge < -0.3 is 10.1 Å². The Morgan fingerprint density at radius 1 is 1.19 bits per heavy atom. The second-order valence-corrected chi connectivity index (χ2v) is 6.13. The number of sulfonamides is 1. The summed E-state index contributed by atoms with van der Waals surface area (Å²) in [5.41, 5.74) is 0.437. The Kier molecular flexibility index (Phi) is 7.23. The summed E-state index contributed by atoms with van der Waals surface area (Å²) in [5, 5.41) is 13.5. The minimum absolute atomic E-state index is 0.0635. The molecule has 0 unspecified atom stereocenters. The molecular weight excluding hydrogens is 298 g/mol. The quantitative estimate of drug-likeness (QED) is 0.363. The summed E-state index contributed by atoms with van der Waals surface area (Å²) in [6, 6.07) is 5.46. The van der Waals surface area contributed by atoms with Gasteiger partial charge in [0.25, 0.3) is 5.69 Å². The maximum atomic E-state index is 11.8. The Balaban J connectivity index is 2.39. The van der Waals surface area contributed by atoms with E-state index in [0.29, 0.717) is 25.3 Å². The van der Waals surface area contributed by atoms with Gasteiger partial charge in [-0.1, -0.05) is 12.1 Å². The first-order valence-corrected chi connectivity index (χ1v) is 8.00. The number of benzene rings is 1. The second-order valence-electron chi connectivity index (χ2n) is 4.32. The predicted molar refractivity (Wildman–Crippen MR) is 78.5 cm³/mol. The minimum Gasteiger partial charge on any atom is -0.383 e. The molecule has 1 aromatic carbocycles. The van der Waals surface area contributed by atoms with Crippen LogP contribution in [0.5, 0.6) is 0 Å². The number of hydrogen-bond donors (Lipinski definition) is 2. The molecule has 0 radical (unpaired) electrons. The normalized spacial score (nSPS) is 11.5. The molecule has 9 heteroatoms. The van der Waals surface area contributed by atoms with Gasteiger partial charge in [0.2, 0.25) is 10.0 Å². The fourth-order valence-corrected chi connectivity index (χ4v) is 2.72. The lowest BCUT2D eigenvalue weighted by atomic mass is 10.2. The Morgan fingerprint density at radius 3 is 2.43 bits per heavy atom. The van der Waals surface area contributed by atoms with Crippen LogP contribution in [0.15, 0.2) is 24.3 Å². The molecule has 1 rings (SSSR count). The van der Waals surface area contributed by atoms with Crippen LogP contribution < -0.4 is 10.0 Å². The van der Waals surface area contributed by atoms with Crippen molar-refractivity contribution in [1.29, 1.82) is 0 Å². The van der Waals surface area contributed by atoms with E-state index in [4.69, 9.17) is 4.74 Å². The van der Waals surface area contributed by atoms with Crippen LogP contribution in [0.3, 0.4) is 0 Å². The summed E-state index contributed by atoms with van der Waals surface area (Å²) < 4.78 is 30.9. The largest absolute Gasteiger partial charge is 0.383 e. The number of nitro groups is 1. The van der Waals surface area contributed by atoms with Gasteiger partial charge in [0.1, 0.15) is 0 Å². The molecule has 0 heterocycles. The smallest absolute Gasteiger partial charge is 0.269 e. The monoisotopic (exact) mass is 317 g/mol. The number of non-ortho nitro benzene ring substituents is 1. The number of nitrogens with one attached hydrogen (secondary N) is 2. The summed E-state index contributed by atoms with van der Waals surface area (Å²) in [5.74, 6) is -0.205. The maximum absolute atomic E-state index is 11.8. The molecule has 0 aromatic heterocycles. The molecule has 0 spiro atoms. The van der Waals surface area contributed by atoms with E-state index in [1.54, 1.807) is 7.11 Å². The van der Waals surface area contributed by atoms with Crippen LogP contribution in [0, 0.1) is 10.1 Å². The van der Waals surface area contributed by atoms with E-state index >= 15 is 0 Å². The third-order valence-corrected chi connectivity index (χ3v) is 3.97. The van der Waals surface area contributed by atoms with Gasteiger partial charge in [0.15, 0.2) is 0 Å². The van der Waals surface area contributed by atoms with E-state index in [1.807, 2.05) is 0 Å². The molecule has 118 valence electrons. The van der Waals surface area contributed by atoms with Crippen LogP contribution in [0.4, 0.5) is 5.69 Å². The van der Waals surface area contributed by atoms with Gasteiger partial charge >= 0.3 is 0 Å². The van der Waals surface area contributed by atoms with Gasteiger partial charge in [-0.15, -0.1) is 0 Å². The lowest BCUT2D eigenvalue weighted by Crippen LogP contribution is -2.33. The van der Waals surface area contributed by atoms with Crippen molar-refractivity contribution in [2.75, 3.05) is 33.4 Å². The third-order valence-electron chi connectivity index (χ3n) is 2.61. The van der Waals surface area contributed by atoms with Crippen LogP contribution >= 0.6 is 0 Å². The lowest BCUT2D eigenvalue weighted by molar-refractivity contribution is -0.384. The molecule has 0 bridgehead atoms. The van der Waals surface area contributed by atoms with Crippen molar-refractivity contribution >= 4 is 15.7 Å². The molecule has 21 heavy (non-hydrogen) atoms. The number of nitrogens with zero attached hydrogens (tertiary/aromatic N) is 1. The summed E-state index contributed by atoms with van der Waals surface area (Å²) in [7, 11) is -1.86. The van der Waals surface area contributed by atoms with Gasteiger partial charge in [-0.3, -0.25) is 10.1 Å². The average molecular weight is 317 g/mol. The Morgan fingerprint density at radius 2 is 1.86 bits per heavy atom. The standard InChI is InChI=1S/C12H19N3O5S/c1-20-9-8-13-6-7-14-21(18,19)10-11-2-4-12(5-3-11)15(16)17/h2-5,13-14H,6-10H2,1H3. The van der Waals surface area contributed by atoms with Crippen molar-refractivity contribution in [3.05, 3.63) is 39.9 Å². The summed E-state index contributed by atoms with van der Waals surface area (Å²) >= 11 is 0. The van der Waals surface area contributed by atoms with Crippen molar-refractivity contribution in [3.63, 3.8) is 0 Å². The van der Waals surface area contributed by atoms with Crippen LogP contribution in [-0.4, -0.2) is 46.7 Å². The molecule has 2 N–H and O–H groups in total. The topological polar surface area (TPSA) is 111 Å². The van der Waals surface area contributed by atoms with E-state index in [0.717, 1.165) is 0 Å². The predicted octanol–water partition coefficient (Wildman–Crippen LogP) is 0.250. The number of rotatable bonds is 10. The number of methoxy groups -OCH3 is 1. The van der Waals surface area contributed by atoms with Crippen molar-refractivity contribution < 1.29 is 18.1 Å². The van der Waals surface area contributed by atoms with Crippen molar-refractivity contribution in [2.24, 2.45) is 0 Å². The van der Waals surface area contributed by atoms with Gasteiger partial charge in [-0.05, 0) is 5.56 Å². The van der Waals surface area contributed by atoms with Gasteiger partial charge in [-0.25, -0.2) is 13.1 Å². The van der Waals surface area contributed by atoms with Crippen LogP contribution in [-0.2, 0) is 20.5 Å². The number of hydrogen-bond acceptors (Lipinski definition) is 6. The third kappa shape index (κ3) is 7.14. The zero-order chi connectivity index (χ0) is 15.7. The summed E-state index contributed by atoms with van der Waals surface area (Å²) in [4.78, 5) is 9.98. The van der Waals surface area contributed by atoms with Crippen LogP contribution in [0.2, 0.25) is 0 Å². The molecule has 0 aliphatic carbocycles. The zero-order valence-corrected chi connectivity index (χ0v) is 12.6. The molecular formula is C12H19N3O5S. The fourth-order valence-electron chi connectivity index (χ4n) is 1.58. The van der Waals surface area contributed by atoms with E-state index < -0.39 is 14.9 Å². The van der Waals surface area contributed by atoms with Crippen molar-refractivity contribution in [3.8, 4) is 0 Å². The first kappa shape index (κ1) is 17.5. The van der Waals surface area contributed by atoms with Crippen LogP contribution in [0.25, 0.3) is 0 Å². The second kappa shape index (κ2) is 8.67. The summed E-state index contributed by atoms with van der Waals surface area (Å²) in [6.45, 7) is 2.00. The lowest BCUT2D eigenvalue weighted by Gasteiger charge is -2.07. The molecule has 0 aliphatic rings. The highest BCUT2D eigenvalue weighted by Crippen LogP contribution is 2.13. The highest BCUT2D eigenvalue weighted by molar-refractivity contribution is 7.88.